The van der Waals surface area contributed by atoms with Crippen LogP contribution in [-0.4, -0.2) is 54.9 Å². The number of aromatic nitrogens is 3. The highest BCUT2D eigenvalue weighted by Crippen LogP contribution is 2.37. The van der Waals surface area contributed by atoms with Crippen molar-refractivity contribution in [3.63, 3.8) is 0 Å². The number of likely N-dealkylation sites (tertiary alicyclic amines) is 1. The number of nitrogens with two attached hydrogens (primary N) is 1. The van der Waals surface area contributed by atoms with Crippen LogP contribution in [0, 0.1) is 6.92 Å². The summed E-state index contributed by atoms with van der Waals surface area (Å²) in [5, 5.41) is 13.8. The normalized spacial score (nSPS) is 14.5. The second kappa shape index (κ2) is 9.10. The Balaban J connectivity index is 1.53. The number of hydrogen-bond donors (Lipinski definition) is 3. The van der Waals surface area contributed by atoms with Crippen LogP contribution in [0.1, 0.15) is 28.8 Å². The average Bonchev–Trinajstić information content (AvgIpc) is 3.20. The van der Waals surface area contributed by atoms with E-state index in [4.69, 9.17) is 5.73 Å². The Morgan fingerprint density at radius 2 is 1.94 bits per heavy atom. The molecule has 4 aromatic rings. The first-order valence-corrected chi connectivity index (χ1v) is 12.2. The van der Waals surface area contributed by atoms with Gasteiger partial charge in [0, 0.05) is 47.6 Å². The van der Waals surface area contributed by atoms with E-state index in [2.05, 4.69) is 21.4 Å². The second-order valence-electron chi connectivity index (χ2n) is 8.82. The molecule has 1 aliphatic heterocycles. The molecule has 1 aliphatic rings. The molecule has 9 nitrogen and oxygen atoms in total. The number of rotatable bonds is 5. The first kappa shape index (κ1) is 23.0. The van der Waals surface area contributed by atoms with E-state index < -0.39 is 12.0 Å². The Morgan fingerprint density at radius 3 is 2.66 bits per heavy atom. The molecule has 35 heavy (non-hydrogen) atoms. The van der Waals surface area contributed by atoms with Crippen LogP contribution in [0.2, 0.25) is 0 Å². The molecule has 2 amide bonds. The number of primary amides is 1. The number of fused-ring (bicyclic) bond motifs is 2. The van der Waals surface area contributed by atoms with Gasteiger partial charge in [-0.25, -0.2) is 9.78 Å². The summed E-state index contributed by atoms with van der Waals surface area (Å²) in [5.41, 5.74) is 11.1. The van der Waals surface area contributed by atoms with Gasteiger partial charge in [0.2, 0.25) is 0 Å². The van der Waals surface area contributed by atoms with Gasteiger partial charge < -0.3 is 25.6 Å². The first-order valence-electron chi connectivity index (χ1n) is 11.4. The van der Waals surface area contributed by atoms with E-state index in [-0.39, 0.29) is 0 Å². The zero-order valence-electron chi connectivity index (χ0n) is 19.5. The minimum absolute atomic E-state index is 0.318. The number of piperidine rings is 1. The van der Waals surface area contributed by atoms with Crippen molar-refractivity contribution in [2.45, 2.75) is 29.9 Å². The number of nitrogens with zero attached hydrogens (tertiary/aromatic N) is 4. The van der Waals surface area contributed by atoms with Crippen LogP contribution in [0.3, 0.4) is 0 Å². The lowest BCUT2D eigenvalue weighted by Gasteiger charge is -2.29. The molecule has 4 N–H and O–H groups in total. The summed E-state index contributed by atoms with van der Waals surface area (Å²) in [6.45, 7) is 3.08. The summed E-state index contributed by atoms with van der Waals surface area (Å²) >= 11 is 1.74. The van der Waals surface area contributed by atoms with E-state index in [1.165, 1.54) is 11.1 Å². The number of thioether (sulfide) groups is 1. The van der Waals surface area contributed by atoms with Crippen molar-refractivity contribution in [2.24, 2.45) is 12.8 Å². The number of hydrogen-bond acceptors (Lipinski definition) is 6. The molecule has 0 spiro atoms. The van der Waals surface area contributed by atoms with Gasteiger partial charge in [0.25, 0.3) is 5.91 Å². The van der Waals surface area contributed by atoms with E-state index in [1.54, 1.807) is 18.1 Å². The Morgan fingerprint density at radius 1 is 1.17 bits per heavy atom. The van der Waals surface area contributed by atoms with Gasteiger partial charge in [-0.15, -0.1) is 11.8 Å². The van der Waals surface area contributed by atoms with E-state index in [9.17, 15) is 14.7 Å². The summed E-state index contributed by atoms with van der Waals surface area (Å²) in [6.07, 6.45) is 4.02. The molecular formula is C25H26N6O3S. The lowest BCUT2D eigenvalue weighted by atomic mass is 10.1. The number of amides is 2. The summed E-state index contributed by atoms with van der Waals surface area (Å²) in [7, 11) is 1.93. The molecule has 180 valence electrons. The summed E-state index contributed by atoms with van der Waals surface area (Å²) < 4.78 is 1.94. The lowest BCUT2D eigenvalue weighted by Crippen LogP contribution is -2.38. The van der Waals surface area contributed by atoms with Gasteiger partial charge in [0.1, 0.15) is 0 Å². The molecule has 0 radical (unpaired) electrons. The highest BCUT2D eigenvalue weighted by atomic mass is 32.2. The Labute approximate surface area is 206 Å². The molecule has 0 bridgehead atoms. The van der Waals surface area contributed by atoms with E-state index in [0.717, 1.165) is 50.9 Å². The fourth-order valence-electron chi connectivity index (χ4n) is 4.54. The maximum Gasteiger partial charge on any atom is 0.407 e. The van der Waals surface area contributed by atoms with Crippen LogP contribution in [0.15, 0.2) is 47.8 Å². The summed E-state index contributed by atoms with van der Waals surface area (Å²) in [6, 6.07) is 9.98. The number of carbonyl (C=O) groups excluding carboxylic acids is 1. The number of benzene rings is 2. The van der Waals surface area contributed by atoms with E-state index >= 15 is 0 Å². The van der Waals surface area contributed by atoms with Crippen molar-refractivity contribution in [2.75, 3.05) is 18.4 Å². The molecule has 0 atom stereocenters. The van der Waals surface area contributed by atoms with E-state index in [0.29, 0.717) is 29.6 Å². The molecule has 0 saturated carbocycles. The molecular weight excluding hydrogens is 464 g/mol. The van der Waals surface area contributed by atoms with Gasteiger partial charge in [0.05, 0.1) is 34.1 Å². The SMILES string of the molecule is Cc1cc(SC2CCN(C(=O)O)CC2)cc2c(Nc3ccc4ncn(C)c4c3)c(C(N)=O)cnc12. The van der Waals surface area contributed by atoms with Gasteiger partial charge in [-0.05, 0) is 55.7 Å². The van der Waals surface area contributed by atoms with Crippen LogP contribution in [0.4, 0.5) is 16.2 Å². The number of carbonyl (C=O) groups is 2. The van der Waals surface area contributed by atoms with Crippen LogP contribution in [-0.2, 0) is 7.05 Å². The van der Waals surface area contributed by atoms with Crippen molar-refractivity contribution < 1.29 is 14.7 Å². The van der Waals surface area contributed by atoms with Crippen LogP contribution in [0.5, 0.6) is 0 Å². The van der Waals surface area contributed by atoms with Crippen LogP contribution >= 0.6 is 11.8 Å². The average molecular weight is 491 g/mol. The lowest BCUT2D eigenvalue weighted by molar-refractivity contribution is 0.100. The van der Waals surface area contributed by atoms with Gasteiger partial charge >= 0.3 is 6.09 Å². The second-order valence-corrected chi connectivity index (χ2v) is 10.2. The van der Waals surface area contributed by atoms with Gasteiger partial charge in [-0.2, -0.15) is 0 Å². The topological polar surface area (TPSA) is 126 Å². The molecule has 3 heterocycles. The molecule has 1 saturated heterocycles. The van der Waals surface area contributed by atoms with Crippen LogP contribution in [0.25, 0.3) is 21.9 Å². The van der Waals surface area contributed by atoms with Crippen LogP contribution < -0.4 is 11.1 Å². The van der Waals surface area contributed by atoms with Crippen molar-refractivity contribution in [1.82, 2.24) is 19.4 Å². The fraction of sp³-hybridized carbons (Fsp3) is 0.280. The standard InChI is InChI=1S/C25H26N6O3S/c1-14-9-17(35-16-5-7-31(8-6-16)25(33)34)11-18-22(14)27-12-19(24(26)32)23(18)29-15-3-4-20-21(10-15)30(2)13-28-20/h3-4,9-13,16H,5-8H2,1-2H3,(H2,26,32)(H,27,29)(H,33,34). The van der Waals surface area contributed by atoms with Crippen molar-refractivity contribution in [3.8, 4) is 0 Å². The molecule has 1 fully saturated rings. The predicted molar refractivity (Wildman–Crippen MR) is 137 cm³/mol. The molecule has 5 rings (SSSR count). The quantitative estimate of drug-likeness (QED) is 0.376. The largest absolute Gasteiger partial charge is 0.465 e. The number of pyridine rings is 1. The first-order chi connectivity index (χ1) is 16.8. The zero-order valence-corrected chi connectivity index (χ0v) is 20.3. The van der Waals surface area contributed by atoms with Gasteiger partial charge in [0.15, 0.2) is 0 Å². The van der Waals surface area contributed by atoms with Gasteiger partial charge in [-0.1, -0.05) is 0 Å². The Bertz CT molecular complexity index is 1460. The highest BCUT2D eigenvalue weighted by Gasteiger charge is 2.24. The third-order valence-corrected chi connectivity index (χ3v) is 7.72. The Hall–Kier alpha value is -3.79. The summed E-state index contributed by atoms with van der Waals surface area (Å²) in [4.78, 5) is 35.0. The Kier molecular flexibility index (Phi) is 5.98. The zero-order chi connectivity index (χ0) is 24.7. The summed E-state index contributed by atoms with van der Waals surface area (Å²) in [5.74, 6) is -0.555. The fourth-order valence-corrected chi connectivity index (χ4v) is 5.80. The molecule has 2 aromatic heterocycles. The molecule has 0 aliphatic carbocycles. The van der Waals surface area contributed by atoms with Crippen molar-refractivity contribution in [3.05, 3.63) is 54.0 Å². The third kappa shape index (κ3) is 4.49. The number of nitrogens with one attached hydrogen (secondary N) is 1. The maximum atomic E-state index is 12.3. The van der Waals surface area contributed by atoms with Crippen molar-refractivity contribution in [1.29, 1.82) is 0 Å². The highest BCUT2D eigenvalue weighted by molar-refractivity contribution is 8.00. The molecule has 10 heteroatoms. The van der Waals surface area contributed by atoms with E-state index in [1.807, 2.05) is 42.8 Å². The number of anilines is 2. The third-order valence-electron chi connectivity index (χ3n) is 6.41. The minimum Gasteiger partial charge on any atom is -0.465 e. The maximum absolute atomic E-state index is 12.3. The molecule has 0 unspecified atom stereocenters. The van der Waals surface area contributed by atoms with Gasteiger partial charge in [-0.3, -0.25) is 9.78 Å². The number of aryl methyl sites for hydroxylation is 2. The minimum atomic E-state index is -0.861. The molecule has 2 aromatic carbocycles. The monoisotopic (exact) mass is 490 g/mol. The predicted octanol–water partition coefficient (Wildman–Crippen LogP) is 4.51. The smallest absolute Gasteiger partial charge is 0.407 e. The number of imidazole rings is 1. The van der Waals surface area contributed by atoms with Crippen molar-refractivity contribution >= 4 is 57.1 Å². The number of carboxylic acid groups (broad SMARTS) is 1.